The largest absolute Gasteiger partial charge is 0.488 e. The highest BCUT2D eigenvalue weighted by Crippen LogP contribution is 2.26. The van der Waals surface area contributed by atoms with Gasteiger partial charge in [-0.05, 0) is 36.8 Å². The van der Waals surface area contributed by atoms with Gasteiger partial charge in [0.15, 0.2) is 6.10 Å². The number of hydrogen-bond donors (Lipinski definition) is 0. The highest BCUT2D eigenvalue weighted by molar-refractivity contribution is 5.96. The number of esters is 1. The monoisotopic (exact) mass is 369 g/mol. The molecule has 5 nitrogen and oxygen atoms in total. The van der Waals surface area contributed by atoms with Crippen molar-refractivity contribution >= 4 is 18.0 Å². The van der Waals surface area contributed by atoms with Crippen LogP contribution in [-0.4, -0.2) is 36.5 Å². The third-order valence-corrected chi connectivity index (χ3v) is 4.21. The van der Waals surface area contributed by atoms with Crippen LogP contribution >= 0.6 is 0 Å². The van der Waals surface area contributed by atoms with Crippen LogP contribution in [0.15, 0.2) is 54.1 Å². The van der Waals surface area contributed by atoms with Crippen LogP contribution < -0.4 is 4.74 Å². The van der Waals surface area contributed by atoms with Gasteiger partial charge in [-0.25, -0.2) is 9.18 Å². The highest BCUT2D eigenvalue weighted by atomic mass is 19.1. The lowest BCUT2D eigenvalue weighted by molar-refractivity contribution is -0.155. The predicted molar refractivity (Wildman–Crippen MR) is 98.3 cm³/mol. The molecule has 1 heterocycles. The van der Waals surface area contributed by atoms with Gasteiger partial charge in [-0.3, -0.25) is 4.79 Å². The minimum atomic E-state index is -0.964. The van der Waals surface area contributed by atoms with E-state index in [4.69, 9.17) is 9.47 Å². The molecule has 0 aromatic heterocycles. The third-order valence-electron chi connectivity index (χ3n) is 4.21. The summed E-state index contributed by atoms with van der Waals surface area (Å²) >= 11 is 0. The van der Waals surface area contributed by atoms with Crippen molar-refractivity contribution in [3.8, 4) is 5.75 Å². The van der Waals surface area contributed by atoms with Crippen LogP contribution in [0.3, 0.4) is 0 Å². The fraction of sp³-hybridized carbons (Fsp3) is 0.238. The number of amides is 1. The van der Waals surface area contributed by atoms with Gasteiger partial charge in [-0.1, -0.05) is 30.3 Å². The molecule has 1 amide bonds. The van der Waals surface area contributed by atoms with Gasteiger partial charge in [0.1, 0.15) is 18.2 Å². The van der Waals surface area contributed by atoms with E-state index < -0.39 is 12.1 Å². The van der Waals surface area contributed by atoms with Crippen molar-refractivity contribution in [1.29, 1.82) is 0 Å². The Balaban J connectivity index is 1.61. The number of nitrogens with zero attached hydrogens (tertiary/aromatic N) is 1. The van der Waals surface area contributed by atoms with E-state index in [1.165, 1.54) is 24.0 Å². The molecule has 0 saturated heterocycles. The van der Waals surface area contributed by atoms with Gasteiger partial charge >= 0.3 is 5.97 Å². The fourth-order valence-electron chi connectivity index (χ4n) is 2.82. The number of rotatable bonds is 5. The van der Waals surface area contributed by atoms with Crippen molar-refractivity contribution in [1.82, 2.24) is 4.90 Å². The second kappa shape index (κ2) is 8.03. The van der Waals surface area contributed by atoms with Gasteiger partial charge in [0.25, 0.3) is 5.91 Å². The van der Waals surface area contributed by atoms with Gasteiger partial charge in [-0.2, -0.15) is 0 Å². The molecule has 140 valence electrons. The summed E-state index contributed by atoms with van der Waals surface area (Å²) in [6.45, 7) is 1.83. The van der Waals surface area contributed by atoms with Crippen molar-refractivity contribution in [2.24, 2.45) is 0 Å². The van der Waals surface area contributed by atoms with Gasteiger partial charge in [0.05, 0.1) is 5.57 Å². The molecule has 0 aliphatic carbocycles. The number of halogens is 1. The average molecular weight is 369 g/mol. The van der Waals surface area contributed by atoms with E-state index in [1.54, 1.807) is 25.3 Å². The maximum Gasteiger partial charge on any atom is 0.338 e. The number of carbonyl (C=O) groups is 2. The Bertz CT molecular complexity index is 893. The lowest BCUT2D eigenvalue weighted by Crippen LogP contribution is -2.37. The molecule has 0 radical (unpaired) electrons. The quantitative estimate of drug-likeness (QED) is 0.760. The number of fused-ring (bicyclic) bond motifs is 1. The van der Waals surface area contributed by atoms with Crippen LogP contribution in [0, 0.1) is 5.82 Å². The number of carbonyl (C=O) groups excluding carboxylic acids is 2. The summed E-state index contributed by atoms with van der Waals surface area (Å²) in [7, 11) is 1.58. The molecule has 0 unspecified atom stereocenters. The van der Waals surface area contributed by atoms with E-state index in [9.17, 15) is 14.0 Å². The zero-order valence-electron chi connectivity index (χ0n) is 15.1. The lowest BCUT2D eigenvalue weighted by atomic mass is 10.1. The molecule has 3 rings (SSSR count). The van der Waals surface area contributed by atoms with Crippen LogP contribution in [0.25, 0.3) is 6.08 Å². The first kappa shape index (κ1) is 18.6. The SMILES string of the molecule is C[C@H](OC(=O)C1=Cc2ccccc2OC1)C(=O)N(C)Cc1cccc(F)c1. The molecular formula is C21H20FNO4. The topological polar surface area (TPSA) is 55.8 Å². The highest BCUT2D eigenvalue weighted by Gasteiger charge is 2.25. The zero-order valence-corrected chi connectivity index (χ0v) is 15.1. The molecule has 0 spiro atoms. The van der Waals surface area contributed by atoms with Crippen LogP contribution in [0.4, 0.5) is 4.39 Å². The van der Waals surface area contributed by atoms with Crippen molar-refractivity contribution in [3.63, 3.8) is 0 Å². The Morgan fingerprint density at radius 3 is 2.78 bits per heavy atom. The van der Waals surface area contributed by atoms with Crippen molar-refractivity contribution in [2.75, 3.05) is 13.7 Å². The molecule has 0 bridgehead atoms. The second-order valence-corrected chi connectivity index (χ2v) is 6.37. The predicted octanol–water partition coefficient (Wildman–Crippen LogP) is 3.19. The minimum absolute atomic E-state index is 0.0931. The molecule has 27 heavy (non-hydrogen) atoms. The van der Waals surface area contributed by atoms with E-state index in [1.807, 2.05) is 24.3 Å². The van der Waals surface area contributed by atoms with E-state index in [0.717, 1.165) is 5.56 Å². The Hall–Kier alpha value is -3.15. The molecule has 2 aromatic carbocycles. The molecule has 1 aliphatic heterocycles. The van der Waals surface area contributed by atoms with Gasteiger partial charge in [0, 0.05) is 19.2 Å². The number of ether oxygens (including phenoxy) is 2. The molecule has 2 aromatic rings. The first-order valence-corrected chi connectivity index (χ1v) is 8.57. The van der Waals surface area contributed by atoms with E-state index in [0.29, 0.717) is 16.9 Å². The summed E-state index contributed by atoms with van der Waals surface area (Å²) in [5.41, 5.74) is 1.79. The molecule has 1 atom stereocenters. The Kier molecular flexibility index (Phi) is 5.54. The maximum absolute atomic E-state index is 13.3. The normalized spacial score (nSPS) is 13.7. The Morgan fingerprint density at radius 1 is 1.22 bits per heavy atom. The summed E-state index contributed by atoms with van der Waals surface area (Å²) in [5.74, 6) is -0.625. The molecule has 6 heteroatoms. The summed E-state index contributed by atoms with van der Waals surface area (Å²) in [4.78, 5) is 26.2. The first-order valence-electron chi connectivity index (χ1n) is 8.57. The standard InChI is InChI=1S/C21H20FNO4/c1-14(20(24)23(2)12-15-6-5-8-18(22)10-15)27-21(25)17-11-16-7-3-4-9-19(16)26-13-17/h3-11,14H,12-13H2,1-2H3/t14-/m0/s1. The van der Waals surface area contributed by atoms with Crippen molar-refractivity contribution < 1.29 is 23.5 Å². The zero-order chi connectivity index (χ0) is 19.4. The maximum atomic E-state index is 13.3. The summed E-state index contributed by atoms with van der Waals surface area (Å²) < 4.78 is 24.1. The number of benzene rings is 2. The van der Waals surface area contributed by atoms with Crippen LogP contribution in [0.2, 0.25) is 0 Å². The molecule has 0 saturated carbocycles. The summed E-state index contributed by atoms with van der Waals surface area (Å²) in [5, 5.41) is 0. The minimum Gasteiger partial charge on any atom is -0.488 e. The third kappa shape index (κ3) is 4.53. The Labute approximate surface area is 157 Å². The lowest BCUT2D eigenvalue weighted by Gasteiger charge is -2.23. The smallest absolute Gasteiger partial charge is 0.338 e. The number of likely N-dealkylation sites (N-methyl/N-ethyl adjacent to an activating group) is 1. The van der Waals surface area contributed by atoms with E-state index in [2.05, 4.69) is 0 Å². The van der Waals surface area contributed by atoms with E-state index in [-0.39, 0.29) is 24.9 Å². The van der Waals surface area contributed by atoms with Gasteiger partial charge in [-0.15, -0.1) is 0 Å². The van der Waals surface area contributed by atoms with Gasteiger partial charge in [0.2, 0.25) is 0 Å². The fourth-order valence-corrected chi connectivity index (χ4v) is 2.82. The second-order valence-electron chi connectivity index (χ2n) is 6.37. The van der Waals surface area contributed by atoms with Crippen LogP contribution in [0.5, 0.6) is 5.75 Å². The Morgan fingerprint density at radius 2 is 2.00 bits per heavy atom. The molecule has 1 aliphatic rings. The molecule has 0 N–H and O–H groups in total. The van der Waals surface area contributed by atoms with Gasteiger partial charge < -0.3 is 14.4 Å². The summed E-state index contributed by atoms with van der Waals surface area (Å²) in [6, 6.07) is 13.4. The van der Waals surface area contributed by atoms with Crippen molar-refractivity contribution in [3.05, 3.63) is 71.0 Å². The van der Waals surface area contributed by atoms with Crippen LogP contribution in [-0.2, 0) is 20.9 Å². The number of para-hydroxylation sites is 1. The van der Waals surface area contributed by atoms with Crippen molar-refractivity contribution in [2.45, 2.75) is 19.6 Å². The van der Waals surface area contributed by atoms with Crippen LogP contribution in [0.1, 0.15) is 18.1 Å². The van der Waals surface area contributed by atoms with E-state index >= 15 is 0 Å². The average Bonchev–Trinajstić information content (AvgIpc) is 2.66. The molecule has 0 fully saturated rings. The summed E-state index contributed by atoms with van der Waals surface area (Å²) in [6.07, 6.45) is 0.739. The number of hydrogen-bond acceptors (Lipinski definition) is 4. The molecular weight excluding hydrogens is 349 g/mol. The first-order chi connectivity index (χ1) is 12.9.